The van der Waals surface area contributed by atoms with Gasteiger partial charge in [-0.05, 0) is 30.0 Å². The van der Waals surface area contributed by atoms with E-state index in [0.717, 1.165) is 5.56 Å². The zero-order valence-corrected chi connectivity index (χ0v) is 16.5. The quantitative estimate of drug-likeness (QED) is 0.792. The van der Waals surface area contributed by atoms with Crippen molar-refractivity contribution in [2.45, 2.75) is 31.6 Å². The molecule has 0 saturated heterocycles. The van der Waals surface area contributed by atoms with Crippen LogP contribution < -0.4 is 14.2 Å². The van der Waals surface area contributed by atoms with Crippen molar-refractivity contribution in [1.29, 1.82) is 0 Å². The molecule has 7 heteroatoms. The van der Waals surface area contributed by atoms with Gasteiger partial charge >= 0.3 is 0 Å². The highest BCUT2D eigenvalue weighted by molar-refractivity contribution is 7.92. The van der Waals surface area contributed by atoms with E-state index in [0.29, 0.717) is 22.1 Å². The zero-order chi connectivity index (χ0) is 18.8. The van der Waals surface area contributed by atoms with Crippen LogP contribution in [0.25, 0.3) is 0 Å². The molecule has 136 valence electrons. The van der Waals surface area contributed by atoms with Crippen LogP contribution in [0.3, 0.4) is 0 Å². The molecule has 1 N–H and O–H groups in total. The second-order valence-electron chi connectivity index (χ2n) is 5.97. The number of methoxy groups -OCH3 is 2. The van der Waals surface area contributed by atoms with Gasteiger partial charge in [0.15, 0.2) is 0 Å². The van der Waals surface area contributed by atoms with Crippen LogP contribution in [0.15, 0.2) is 35.2 Å². The molecular weight excluding hydrogens is 362 g/mol. The molecule has 0 atom stereocenters. The molecule has 0 aliphatic rings. The first-order chi connectivity index (χ1) is 11.7. The van der Waals surface area contributed by atoms with Crippen molar-refractivity contribution in [2.75, 3.05) is 18.9 Å². The van der Waals surface area contributed by atoms with Crippen molar-refractivity contribution in [1.82, 2.24) is 0 Å². The van der Waals surface area contributed by atoms with Crippen LogP contribution in [0.5, 0.6) is 11.5 Å². The first kappa shape index (κ1) is 19.4. The average molecular weight is 384 g/mol. The molecular formula is C18H22ClNO4S. The maximum atomic E-state index is 12.9. The van der Waals surface area contributed by atoms with E-state index in [1.54, 1.807) is 13.0 Å². The van der Waals surface area contributed by atoms with Gasteiger partial charge in [0.1, 0.15) is 11.5 Å². The summed E-state index contributed by atoms with van der Waals surface area (Å²) in [4.78, 5) is 0.231. The molecule has 0 spiro atoms. The SMILES string of the molecule is COc1cc(NS(=O)(=O)c2cc(C(C)C)ccc2C)c(OC)cc1Cl. The molecule has 0 bridgehead atoms. The molecule has 0 aliphatic heterocycles. The van der Waals surface area contributed by atoms with Gasteiger partial charge in [-0.3, -0.25) is 4.72 Å². The molecule has 5 nitrogen and oxygen atoms in total. The third kappa shape index (κ3) is 4.19. The molecule has 0 radical (unpaired) electrons. The van der Waals surface area contributed by atoms with E-state index in [2.05, 4.69) is 4.72 Å². The van der Waals surface area contributed by atoms with Gasteiger partial charge in [0.2, 0.25) is 0 Å². The second kappa shape index (κ2) is 7.54. The average Bonchev–Trinajstić information content (AvgIpc) is 2.55. The normalized spacial score (nSPS) is 11.5. The van der Waals surface area contributed by atoms with Gasteiger partial charge in [-0.2, -0.15) is 0 Å². The van der Waals surface area contributed by atoms with Crippen LogP contribution in [0, 0.1) is 6.92 Å². The van der Waals surface area contributed by atoms with Gasteiger partial charge in [0.05, 0.1) is 29.8 Å². The van der Waals surface area contributed by atoms with E-state index >= 15 is 0 Å². The van der Waals surface area contributed by atoms with E-state index in [1.165, 1.54) is 26.4 Å². The van der Waals surface area contributed by atoms with Crippen molar-refractivity contribution in [3.63, 3.8) is 0 Å². The summed E-state index contributed by atoms with van der Waals surface area (Å²) in [6, 6.07) is 8.45. The van der Waals surface area contributed by atoms with Crippen LogP contribution >= 0.6 is 11.6 Å². The monoisotopic (exact) mass is 383 g/mol. The summed E-state index contributed by atoms with van der Waals surface area (Å²) >= 11 is 6.07. The highest BCUT2D eigenvalue weighted by Crippen LogP contribution is 2.37. The fourth-order valence-electron chi connectivity index (χ4n) is 2.41. The summed E-state index contributed by atoms with van der Waals surface area (Å²) in [5.74, 6) is 0.888. The highest BCUT2D eigenvalue weighted by atomic mass is 35.5. The molecule has 2 rings (SSSR count). The Labute approximate surface area is 154 Å². The zero-order valence-electron chi connectivity index (χ0n) is 14.9. The van der Waals surface area contributed by atoms with Crippen molar-refractivity contribution >= 4 is 27.3 Å². The molecule has 0 fully saturated rings. The second-order valence-corrected chi connectivity index (χ2v) is 8.03. The van der Waals surface area contributed by atoms with Gasteiger partial charge in [-0.25, -0.2) is 8.42 Å². The van der Waals surface area contributed by atoms with E-state index in [4.69, 9.17) is 21.1 Å². The number of aryl methyl sites for hydroxylation is 1. The van der Waals surface area contributed by atoms with Crippen LogP contribution in [0.4, 0.5) is 5.69 Å². The number of hydrogen-bond donors (Lipinski definition) is 1. The number of rotatable bonds is 6. The Bertz CT molecular complexity index is 879. The number of nitrogens with one attached hydrogen (secondary N) is 1. The first-order valence-corrected chi connectivity index (χ1v) is 9.60. The lowest BCUT2D eigenvalue weighted by Crippen LogP contribution is -2.15. The molecule has 0 unspecified atom stereocenters. The smallest absolute Gasteiger partial charge is 0.262 e. The standard InChI is InChI=1S/C18H22ClNO4S/c1-11(2)13-7-6-12(3)18(8-13)25(21,22)20-15-10-16(23-4)14(19)9-17(15)24-5/h6-11,20H,1-5H3. The van der Waals surface area contributed by atoms with Crippen LogP contribution in [0.2, 0.25) is 5.02 Å². The molecule has 2 aromatic rings. The Hall–Kier alpha value is -1.92. The largest absolute Gasteiger partial charge is 0.495 e. The van der Waals surface area contributed by atoms with Crippen molar-refractivity contribution in [2.24, 2.45) is 0 Å². The number of sulfonamides is 1. The maximum absolute atomic E-state index is 12.9. The molecule has 0 amide bonds. The Morgan fingerprint density at radius 2 is 1.68 bits per heavy atom. The summed E-state index contributed by atoms with van der Waals surface area (Å²) in [6.07, 6.45) is 0. The minimum atomic E-state index is -3.80. The Morgan fingerprint density at radius 3 is 2.24 bits per heavy atom. The number of ether oxygens (including phenoxy) is 2. The van der Waals surface area contributed by atoms with Crippen LogP contribution in [-0.4, -0.2) is 22.6 Å². The minimum absolute atomic E-state index is 0.222. The lowest BCUT2D eigenvalue weighted by molar-refractivity contribution is 0.405. The molecule has 0 saturated carbocycles. The Kier molecular flexibility index (Phi) is 5.85. The van der Waals surface area contributed by atoms with E-state index in [-0.39, 0.29) is 16.5 Å². The Balaban J connectivity index is 2.51. The fourth-order valence-corrected chi connectivity index (χ4v) is 3.98. The minimum Gasteiger partial charge on any atom is -0.495 e. The van der Waals surface area contributed by atoms with E-state index in [1.807, 2.05) is 26.0 Å². The predicted octanol–water partition coefficient (Wildman–Crippen LogP) is 4.59. The van der Waals surface area contributed by atoms with Crippen molar-refractivity contribution in [3.05, 3.63) is 46.5 Å². The van der Waals surface area contributed by atoms with Crippen molar-refractivity contribution in [3.8, 4) is 11.5 Å². The third-order valence-corrected chi connectivity index (χ3v) is 5.69. The molecule has 25 heavy (non-hydrogen) atoms. The van der Waals surface area contributed by atoms with Crippen LogP contribution in [-0.2, 0) is 10.0 Å². The number of hydrogen-bond acceptors (Lipinski definition) is 4. The summed E-state index contributed by atoms with van der Waals surface area (Å²) in [7, 11) is -0.894. The van der Waals surface area contributed by atoms with Gasteiger partial charge in [0.25, 0.3) is 10.0 Å². The summed E-state index contributed by atoms with van der Waals surface area (Å²) in [5, 5.41) is 0.334. The van der Waals surface area contributed by atoms with Gasteiger partial charge in [0, 0.05) is 12.1 Å². The lowest BCUT2D eigenvalue weighted by Gasteiger charge is -2.16. The van der Waals surface area contributed by atoms with Gasteiger partial charge in [-0.1, -0.05) is 37.6 Å². The first-order valence-electron chi connectivity index (χ1n) is 7.74. The predicted molar refractivity (Wildman–Crippen MR) is 101 cm³/mol. The fraction of sp³-hybridized carbons (Fsp3) is 0.333. The topological polar surface area (TPSA) is 64.6 Å². The third-order valence-electron chi connectivity index (χ3n) is 3.89. The number of anilines is 1. The summed E-state index contributed by atoms with van der Waals surface area (Å²) in [6.45, 7) is 5.79. The number of benzene rings is 2. The summed E-state index contributed by atoms with van der Waals surface area (Å²) < 4.78 is 38.8. The van der Waals surface area contributed by atoms with E-state index in [9.17, 15) is 8.42 Å². The number of halogens is 1. The van der Waals surface area contributed by atoms with Gasteiger partial charge in [-0.15, -0.1) is 0 Å². The lowest BCUT2D eigenvalue weighted by atomic mass is 10.0. The highest BCUT2D eigenvalue weighted by Gasteiger charge is 2.21. The molecule has 0 aliphatic carbocycles. The summed E-state index contributed by atoms with van der Waals surface area (Å²) in [5.41, 5.74) is 1.88. The van der Waals surface area contributed by atoms with E-state index < -0.39 is 10.0 Å². The maximum Gasteiger partial charge on any atom is 0.262 e. The Morgan fingerprint density at radius 1 is 1.04 bits per heavy atom. The molecule has 0 aromatic heterocycles. The van der Waals surface area contributed by atoms with Gasteiger partial charge < -0.3 is 9.47 Å². The molecule has 0 heterocycles. The van der Waals surface area contributed by atoms with Crippen molar-refractivity contribution < 1.29 is 17.9 Å². The molecule has 2 aromatic carbocycles. The van der Waals surface area contributed by atoms with Crippen LogP contribution in [0.1, 0.15) is 30.9 Å².